The molecule has 6 heteroatoms. The number of amides is 2. The summed E-state index contributed by atoms with van der Waals surface area (Å²) in [5, 5.41) is 14.1. The Morgan fingerprint density at radius 3 is 2.35 bits per heavy atom. The number of para-hydroxylation sites is 1. The molecule has 6 nitrogen and oxygen atoms in total. The van der Waals surface area contributed by atoms with Crippen LogP contribution in [0.2, 0.25) is 0 Å². The summed E-state index contributed by atoms with van der Waals surface area (Å²) in [6, 6.07) is 8.90. The summed E-state index contributed by atoms with van der Waals surface area (Å²) in [4.78, 5) is 23.0. The lowest BCUT2D eigenvalue weighted by atomic mass is 10.2. The highest BCUT2D eigenvalue weighted by atomic mass is 16.6. The molecule has 0 aliphatic rings. The van der Waals surface area contributed by atoms with E-state index in [1.54, 1.807) is 24.3 Å². The Bertz CT molecular complexity index is 451. The second kappa shape index (κ2) is 12.5. The number of nitrogens with one attached hydrogen (secondary N) is 2. The van der Waals surface area contributed by atoms with Crippen molar-refractivity contribution >= 4 is 12.0 Å². The first-order valence-electron chi connectivity index (χ1n) is 8.10. The third kappa shape index (κ3) is 10.3. The van der Waals surface area contributed by atoms with Crippen molar-refractivity contribution in [2.24, 2.45) is 0 Å². The molecule has 0 bridgehead atoms. The molecular formula is C17H26N2O4. The summed E-state index contributed by atoms with van der Waals surface area (Å²) < 4.78 is 5.09. The molecule has 0 spiro atoms. The van der Waals surface area contributed by atoms with Crippen LogP contribution in [-0.4, -0.2) is 36.8 Å². The van der Waals surface area contributed by atoms with Gasteiger partial charge < -0.3 is 20.5 Å². The van der Waals surface area contributed by atoms with Crippen molar-refractivity contribution in [1.82, 2.24) is 10.6 Å². The Hall–Kier alpha value is -2.08. The lowest BCUT2D eigenvalue weighted by molar-refractivity contribution is -0.121. The zero-order chi connectivity index (χ0) is 16.8. The lowest BCUT2D eigenvalue weighted by Gasteiger charge is -2.07. The van der Waals surface area contributed by atoms with E-state index in [0.29, 0.717) is 31.7 Å². The molecule has 0 aliphatic heterocycles. The van der Waals surface area contributed by atoms with E-state index in [4.69, 9.17) is 9.84 Å². The molecule has 3 N–H and O–H groups in total. The van der Waals surface area contributed by atoms with E-state index in [9.17, 15) is 9.59 Å². The van der Waals surface area contributed by atoms with Gasteiger partial charge in [0.25, 0.3) is 0 Å². The number of rotatable bonds is 11. The summed E-state index contributed by atoms with van der Waals surface area (Å²) in [7, 11) is 0. The first-order valence-corrected chi connectivity index (χ1v) is 8.10. The fourth-order valence-corrected chi connectivity index (χ4v) is 1.96. The van der Waals surface area contributed by atoms with Gasteiger partial charge in [0.1, 0.15) is 5.75 Å². The normalized spacial score (nSPS) is 10.1. The predicted molar refractivity (Wildman–Crippen MR) is 88.3 cm³/mol. The third-order valence-corrected chi connectivity index (χ3v) is 3.21. The monoisotopic (exact) mass is 322 g/mol. The van der Waals surface area contributed by atoms with Crippen molar-refractivity contribution in [3.8, 4) is 5.75 Å². The zero-order valence-electron chi connectivity index (χ0n) is 13.4. The molecule has 23 heavy (non-hydrogen) atoms. The first-order chi connectivity index (χ1) is 11.2. The molecule has 0 aliphatic carbocycles. The van der Waals surface area contributed by atoms with Crippen LogP contribution >= 0.6 is 0 Å². The highest BCUT2D eigenvalue weighted by Gasteiger charge is 2.03. The van der Waals surface area contributed by atoms with Crippen molar-refractivity contribution in [3.63, 3.8) is 0 Å². The van der Waals surface area contributed by atoms with Gasteiger partial charge in [-0.05, 0) is 37.8 Å². The summed E-state index contributed by atoms with van der Waals surface area (Å²) in [6.07, 6.45) is 4.02. The largest absolute Gasteiger partial charge is 0.412 e. The van der Waals surface area contributed by atoms with Gasteiger partial charge in [-0.1, -0.05) is 24.6 Å². The Balaban J connectivity index is 1.94. The molecule has 2 amide bonds. The predicted octanol–water partition coefficient (Wildman–Crippen LogP) is 2.22. The smallest absolute Gasteiger partial charge is 0.410 e. The average molecular weight is 322 g/mol. The summed E-state index contributed by atoms with van der Waals surface area (Å²) in [5.74, 6) is 0.558. The Morgan fingerprint density at radius 2 is 1.61 bits per heavy atom. The maximum atomic E-state index is 11.5. The standard InChI is InChI=1S/C17H26N2O4/c20-14-8-7-12-18-16(21)11-5-2-6-13-19-17(22)23-15-9-3-1-4-10-15/h1,3-4,9-10,20H,2,5-8,11-14H2,(H,18,21)(H,19,22). The number of carbonyl (C=O) groups excluding carboxylic acids is 2. The van der Waals surface area contributed by atoms with Crippen molar-refractivity contribution in [2.45, 2.75) is 38.5 Å². The van der Waals surface area contributed by atoms with E-state index in [0.717, 1.165) is 25.7 Å². The van der Waals surface area contributed by atoms with E-state index in [1.165, 1.54) is 0 Å². The lowest BCUT2D eigenvalue weighted by Crippen LogP contribution is -2.27. The average Bonchev–Trinajstić information content (AvgIpc) is 2.56. The fraction of sp³-hybridized carbons (Fsp3) is 0.529. The maximum absolute atomic E-state index is 11.5. The Kier molecular flexibility index (Phi) is 10.3. The van der Waals surface area contributed by atoms with Crippen LogP contribution in [0.25, 0.3) is 0 Å². The number of hydrogen-bond acceptors (Lipinski definition) is 4. The minimum Gasteiger partial charge on any atom is -0.410 e. The molecule has 0 radical (unpaired) electrons. The number of benzene rings is 1. The highest BCUT2D eigenvalue weighted by molar-refractivity contribution is 5.75. The molecule has 1 aromatic carbocycles. The number of carbonyl (C=O) groups is 2. The van der Waals surface area contributed by atoms with Crippen molar-refractivity contribution in [3.05, 3.63) is 30.3 Å². The first kappa shape index (κ1) is 19.0. The molecule has 0 aromatic heterocycles. The van der Waals surface area contributed by atoms with E-state index in [2.05, 4.69) is 10.6 Å². The van der Waals surface area contributed by atoms with Crippen LogP contribution < -0.4 is 15.4 Å². The minimum absolute atomic E-state index is 0.0411. The third-order valence-electron chi connectivity index (χ3n) is 3.21. The summed E-state index contributed by atoms with van der Waals surface area (Å²) >= 11 is 0. The van der Waals surface area contributed by atoms with Crippen LogP contribution in [0.4, 0.5) is 4.79 Å². The van der Waals surface area contributed by atoms with Gasteiger partial charge in [0.15, 0.2) is 0 Å². The molecule has 1 rings (SSSR count). The van der Waals surface area contributed by atoms with Crippen molar-refractivity contribution in [1.29, 1.82) is 0 Å². The summed E-state index contributed by atoms with van der Waals surface area (Å²) in [6.45, 7) is 1.31. The number of unbranched alkanes of at least 4 members (excludes halogenated alkanes) is 3. The fourth-order valence-electron chi connectivity index (χ4n) is 1.96. The Labute approximate surface area is 137 Å². The molecule has 0 atom stereocenters. The van der Waals surface area contributed by atoms with Gasteiger partial charge in [-0.15, -0.1) is 0 Å². The quantitative estimate of drug-likeness (QED) is 0.545. The van der Waals surface area contributed by atoms with E-state index < -0.39 is 6.09 Å². The van der Waals surface area contributed by atoms with Gasteiger partial charge in [0, 0.05) is 26.1 Å². The van der Waals surface area contributed by atoms with Crippen LogP contribution in [0.3, 0.4) is 0 Å². The second-order valence-electron chi connectivity index (χ2n) is 5.22. The second-order valence-corrected chi connectivity index (χ2v) is 5.22. The molecule has 0 unspecified atom stereocenters. The highest BCUT2D eigenvalue weighted by Crippen LogP contribution is 2.08. The van der Waals surface area contributed by atoms with Crippen LogP contribution in [0.15, 0.2) is 30.3 Å². The topological polar surface area (TPSA) is 87.7 Å². The molecule has 1 aromatic rings. The van der Waals surface area contributed by atoms with Gasteiger partial charge in [0.2, 0.25) is 5.91 Å². The molecule has 128 valence electrons. The molecule has 0 fully saturated rings. The Morgan fingerprint density at radius 1 is 0.913 bits per heavy atom. The SMILES string of the molecule is O=C(CCCCCNC(=O)Oc1ccccc1)NCCCCO. The number of hydrogen-bond donors (Lipinski definition) is 3. The van der Waals surface area contributed by atoms with Crippen molar-refractivity contribution < 1.29 is 19.4 Å². The molecule has 0 saturated heterocycles. The van der Waals surface area contributed by atoms with E-state index in [-0.39, 0.29) is 12.5 Å². The maximum Gasteiger partial charge on any atom is 0.412 e. The van der Waals surface area contributed by atoms with Crippen LogP contribution in [-0.2, 0) is 4.79 Å². The van der Waals surface area contributed by atoms with Gasteiger partial charge in [-0.3, -0.25) is 4.79 Å². The van der Waals surface area contributed by atoms with Gasteiger partial charge in [-0.2, -0.15) is 0 Å². The van der Waals surface area contributed by atoms with Gasteiger partial charge >= 0.3 is 6.09 Å². The van der Waals surface area contributed by atoms with Crippen LogP contribution in [0.5, 0.6) is 5.75 Å². The molecule has 0 heterocycles. The summed E-state index contributed by atoms with van der Waals surface area (Å²) in [5.41, 5.74) is 0. The van der Waals surface area contributed by atoms with Crippen LogP contribution in [0.1, 0.15) is 38.5 Å². The zero-order valence-corrected chi connectivity index (χ0v) is 13.4. The number of aliphatic hydroxyl groups excluding tert-OH is 1. The minimum atomic E-state index is -0.460. The van der Waals surface area contributed by atoms with Crippen molar-refractivity contribution in [2.75, 3.05) is 19.7 Å². The van der Waals surface area contributed by atoms with E-state index in [1.807, 2.05) is 6.07 Å². The van der Waals surface area contributed by atoms with Gasteiger partial charge in [0.05, 0.1) is 0 Å². The van der Waals surface area contributed by atoms with E-state index >= 15 is 0 Å². The number of ether oxygens (including phenoxy) is 1. The van der Waals surface area contributed by atoms with Gasteiger partial charge in [-0.25, -0.2) is 4.79 Å². The van der Waals surface area contributed by atoms with Crippen LogP contribution in [0, 0.1) is 0 Å². The molecule has 0 saturated carbocycles. The molecular weight excluding hydrogens is 296 g/mol. The number of aliphatic hydroxyl groups is 1.